The Morgan fingerprint density at radius 2 is 1.63 bits per heavy atom. The fourth-order valence-electron chi connectivity index (χ4n) is 4.27. The van der Waals surface area contributed by atoms with E-state index in [0.717, 1.165) is 28.4 Å². The molecule has 2 fully saturated rings. The van der Waals surface area contributed by atoms with E-state index in [1.807, 2.05) is 6.07 Å². The Morgan fingerprint density at radius 3 is 2.23 bits per heavy atom. The van der Waals surface area contributed by atoms with Crippen molar-refractivity contribution in [2.24, 2.45) is 11.8 Å². The zero-order chi connectivity index (χ0) is 21.3. The molecule has 1 saturated carbocycles. The van der Waals surface area contributed by atoms with Gasteiger partial charge in [0.2, 0.25) is 0 Å². The van der Waals surface area contributed by atoms with Crippen molar-refractivity contribution in [2.75, 3.05) is 0 Å². The minimum atomic E-state index is -0.622. The molecule has 1 saturated heterocycles. The highest BCUT2D eigenvalue weighted by Gasteiger charge is 2.51. The molecule has 154 valence electrons. The second-order valence-electron chi connectivity index (χ2n) is 7.64. The van der Waals surface area contributed by atoms with Crippen LogP contribution < -0.4 is 0 Å². The summed E-state index contributed by atoms with van der Waals surface area (Å²) in [5.74, 6) is -2.15. The number of benzene rings is 2. The summed E-state index contributed by atoms with van der Waals surface area (Å²) in [5.41, 5.74) is 0.565. The Labute approximate surface area is 173 Å². The van der Waals surface area contributed by atoms with E-state index in [4.69, 9.17) is 0 Å². The third kappa shape index (κ3) is 3.56. The van der Waals surface area contributed by atoms with E-state index >= 15 is 0 Å². The Balaban J connectivity index is 1.72. The predicted octanol–water partition coefficient (Wildman–Crippen LogP) is 3.33. The number of imide groups is 1. The van der Waals surface area contributed by atoms with Crippen LogP contribution in [0.15, 0.2) is 54.6 Å². The molecule has 0 N–H and O–H groups in total. The van der Waals surface area contributed by atoms with Gasteiger partial charge in [0.05, 0.1) is 23.3 Å². The van der Waals surface area contributed by atoms with Crippen molar-refractivity contribution in [3.05, 3.63) is 75.8 Å². The van der Waals surface area contributed by atoms with Crippen molar-refractivity contribution in [3.63, 3.8) is 0 Å². The smallest absolute Gasteiger partial charge is 0.272 e. The Hall–Kier alpha value is -3.55. The molecule has 8 heteroatoms. The molecule has 0 radical (unpaired) electrons. The second-order valence-corrected chi connectivity index (χ2v) is 7.64. The first-order chi connectivity index (χ1) is 14.5. The van der Waals surface area contributed by atoms with Crippen molar-refractivity contribution in [3.8, 4) is 0 Å². The fraction of sp³-hybridized carbons (Fsp3) is 0.318. The predicted molar refractivity (Wildman–Crippen MR) is 107 cm³/mol. The van der Waals surface area contributed by atoms with Gasteiger partial charge in [-0.25, -0.2) is 5.01 Å². The van der Waals surface area contributed by atoms with Crippen LogP contribution in [-0.2, 0) is 16.1 Å². The van der Waals surface area contributed by atoms with Gasteiger partial charge in [0.15, 0.2) is 0 Å². The van der Waals surface area contributed by atoms with Crippen LogP contribution in [0, 0.1) is 22.0 Å². The van der Waals surface area contributed by atoms with E-state index in [2.05, 4.69) is 0 Å². The maximum atomic E-state index is 13.4. The monoisotopic (exact) mass is 407 g/mol. The lowest BCUT2D eigenvalue weighted by Gasteiger charge is -2.30. The number of non-ortho nitro benzene ring substituents is 1. The standard InChI is InChI=1S/C22H21N3O5/c26-20(16-9-6-10-17(13-16)25(29)30)23(14-15-7-2-1-3-8-15)24-21(27)18-11-4-5-12-19(18)22(24)28/h1-3,6-10,13,18-19H,4-5,11-12,14H2/t18-,19+. The van der Waals surface area contributed by atoms with Gasteiger partial charge in [-0.3, -0.25) is 24.5 Å². The largest absolute Gasteiger partial charge is 0.273 e. The van der Waals surface area contributed by atoms with E-state index in [-0.39, 0.29) is 29.6 Å². The highest BCUT2D eigenvalue weighted by molar-refractivity contribution is 6.07. The lowest BCUT2D eigenvalue weighted by molar-refractivity contribution is -0.384. The average molecular weight is 407 g/mol. The fourth-order valence-corrected chi connectivity index (χ4v) is 4.27. The van der Waals surface area contributed by atoms with E-state index in [1.54, 1.807) is 24.3 Å². The molecule has 0 spiro atoms. The SMILES string of the molecule is O=C(c1cccc([N+](=O)[O-])c1)N(Cc1ccccc1)N1C(=O)[C@H]2CCCC[C@H]2C1=O. The van der Waals surface area contributed by atoms with Gasteiger partial charge < -0.3 is 0 Å². The van der Waals surface area contributed by atoms with Gasteiger partial charge in [-0.1, -0.05) is 49.2 Å². The third-order valence-electron chi connectivity index (χ3n) is 5.77. The van der Waals surface area contributed by atoms with Gasteiger partial charge in [-0.05, 0) is 24.5 Å². The number of hydrazine groups is 1. The van der Waals surface area contributed by atoms with Gasteiger partial charge in [0, 0.05) is 17.7 Å². The number of carbonyl (C=O) groups is 3. The minimum absolute atomic E-state index is 0.0132. The maximum Gasteiger partial charge on any atom is 0.273 e. The Bertz CT molecular complexity index is 983. The summed E-state index contributed by atoms with van der Waals surface area (Å²) in [4.78, 5) is 50.1. The normalized spacial score (nSPS) is 20.7. The summed E-state index contributed by atoms with van der Waals surface area (Å²) in [6, 6.07) is 14.4. The minimum Gasteiger partial charge on any atom is -0.272 e. The molecule has 0 unspecified atom stereocenters. The van der Waals surface area contributed by atoms with Crippen LogP contribution in [0.25, 0.3) is 0 Å². The summed E-state index contributed by atoms with van der Waals surface area (Å²) >= 11 is 0. The average Bonchev–Trinajstić information content (AvgIpc) is 3.03. The summed E-state index contributed by atoms with van der Waals surface area (Å²) < 4.78 is 0. The summed E-state index contributed by atoms with van der Waals surface area (Å²) in [6.45, 7) is 0.0132. The molecule has 4 rings (SSSR count). The number of hydrogen-bond acceptors (Lipinski definition) is 5. The molecule has 2 aromatic carbocycles. The van der Waals surface area contributed by atoms with E-state index in [1.165, 1.54) is 24.3 Å². The van der Waals surface area contributed by atoms with Gasteiger partial charge in [-0.2, -0.15) is 5.01 Å². The van der Waals surface area contributed by atoms with Crippen LogP contribution in [0.2, 0.25) is 0 Å². The van der Waals surface area contributed by atoms with Gasteiger partial charge in [0.1, 0.15) is 0 Å². The summed E-state index contributed by atoms with van der Waals surface area (Å²) in [5, 5.41) is 13.2. The molecule has 2 aliphatic rings. The van der Waals surface area contributed by atoms with Crippen LogP contribution in [0.3, 0.4) is 0 Å². The van der Waals surface area contributed by atoms with E-state index < -0.39 is 22.7 Å². The maximum absolute atomic E-state index is 13.4. The number of nitro groups is 1. The Kier molecular flexibility index (Phi) is 5.31. The van der Waals surface area contributed by atoms with Crippen LogP contribution in [0.4, 0.5) is 5.69 Å². The van der Waals surface area contributed by atoms with Crippen molar-refractivity contribution in [1.29, 1.82) is 0 Å². The van der Waals surface area contributed by atoms with Crippen molar-refractivity contribution in [2.45, 2.75) is 32.2 Å². The molecular formula is C22H21N3O5. The first-order valence-corrected chi connectivity index (χ1v) is 9.95. The van der Waals surface area contributed by atoms with Crippen LogP contribution in [0.1, 0.15) is 41.6 Å². The van der Waals surface area contributed by atoms with Crippen LogP contribution in [-0.4, -0.2) is 32.7 Å². The molecule has 1 aliphatic heterocycles. The van der Waals surface area contributed by atoms with Gasteiger partial charge in [0.25, 0.3) is 23.4 Å². The van der Waals surface area contributed by atoms with Crippen molar-refractivity contribution >= 4 is 23.4 Å². The van der Waals surface area contributed by atoms with E-state index in [9.17, 15) is 24.5 Å². The van der Waals surface area contributed by atoms with Crippen molar-refractivity contribution < 1.29 is 19.3 Å². The number of nitrogens with zero attached hydrogens (tertiary/aromatic N) is 3. The second kappa shape index (κ2) is 8.06. The van der Waals surface area contributed by atoms with E-state index in [0.29, 0.717) is 12.8 Å². The molecule has 1 aliphatic carbocycles. The summed E-state index contributed by atoms with van der Waals surface area (Å²) in [6.07, 6.45) is 3.03. The zero-order valence-corrected chi connectivity index (χ0v) is 16.3. The molecule has 2 aromatic rings. The highest BCUT2D eigenvalue weighted by atomic mass is 16.6. The number of carbonyl (C=O) groups excluding carboxylic acids is 3. The van der Waals surface area contributed by atoms with Crippen molar-refractivity contribution in [1.82, 2.24) is 10.0 Å². The number of nitro benzene ring substituents is 1. The molecule has 30 heavy (non-hydrogen) atoms. The molecule has 3 amide bonds. The first kappa shape index (κ1) is 19.8. The number of amides is 3. The Morgan fingerprint density at radius 1 is 1.00 bits per heavy atom. The molecular weight excluding hydrogens is 386 g/mol. The molecule has 2 atom stereocenters. The molecule has 8 nitrogen and oxygen atoms in total. The number of fused-ring (bicyclic) bond motifs is 1. The summed E-state index contributed by atoms with van der Waals surface area (Å²) in [7, 11) is 0. The highest BCUT2D eigenvalue weighted by Crippen LogP contribution is 2.39. The molecule has 0 aromatic heterocycles. The van der Waals surface area contributed by atoms with Crippen LogP contribution in [0.5, 0.6) is 0 Å². The lowest BCUT2D eigenvalue weighted by atomic mass is 9.81. The van der Waals surface area contributed by atoms with Crippen LogP contribution >= 0.6 is 0 Å². The topological polar surface area (TPSA) is 101 Å². The quantitative estimate of drug-likeness (QED) is 0.430. The van der Waals surface area contributed by atoms with Gasteiger partial charge in [-0.15, -0.1) is 0 Å². The number of hydrogen-bond donors (Lipinski definition) is 0. The third-order valence-corrected chi connectivity index (χ3v) is 5.77. The number of rotatable bonds is 5. The lowest BCUT2D eigenvalue weighted by Crippen LogP contribution is -2.49. The molecule has 0 bridgehead atoms. The molecule has 1 heterocycles. The van der Waals surface area contributed by atoms with Gasteiger partial charge >= 0.3 is 0 Å². The first-order valence-electron chi connectivity index (χ1n) is 9.95. The zero-order valence-electron chi connectivity index (χ0n) is 16.3.